The number of aliphatic carboxylic acids is 1. The number of aromatic nitrogens is 6. The fraction of sp³-hybridized carbons (Fsp3) is 0.625. The van der Waals surface area contributed by atoms with Gasteiger partial charge in [0, 0.05) is 60.4 Å². The molecular weight excluding hydrogens is 1420 g/mol. The van der Waals surface area contributed by atoms with Gasteiger partial charge in [0.15, 0.2) is 68.8 Å². The summed E-state index contributed by atoms with van der Waals surface area (Å²) in [6.07, 6.45) is -2.81. The summed E-state index contributed by atoms with van der Waals surface area (Å²) in [6.45, 7) is 12.2. The van der Waals surface area contributed by atoms with Gasteiger partial charge in [-0.2, -0.15) is 0 Å². The second-order valence-electron chi connectivity index (χ2n) is 19.8. The van der Waals surface area contributed by atoms with E-state index in [4.69, 9.17) is 161 Å². The molecule has 4 aromatic rings. The fourth-order valence-electron chi connectivity index (χ4n) is 7.86. The number of aliphatic hydroxyl groups excluding tert-OH is 2. The van der Waals surface area contributed by atoms with E-state index >= 15 is 0 Å². The van der Waals surface area contributed by atoms with E-state index in [1.54, 1.807) is 39.0 Å². The van der Waals surface area contributed by atoms with Crippen LogP contribution in [-0.4, -0.2) is 226 Å². The molecule has 1 aromatic carbocycles. The van der Waals surface area contributed by atoms with Gasteiger partial charge in [-0.3, -0.25) is 47.8 Å². The van der Waals surface area contributed by atoms with Crippen LogP contribution < -0.4 is 33.7 Å². The Morgan fingerprint density at radius 1 is 0.573 bits per heavy atom. The van der Waals surface area contributed by atoms with E-state index in [2.05, 4.69) is 15.0 Å². The van der Waals surface area contributed by atoms with Gasteiger partial charge < -0.3 is 91.1 Å². The Kier molecular flexibility index (Phi) is 38.1. The van der Waals surface area contributed by atoms with Crippen LogP contribution in [0.15, 0.2) is 71.6 Å². The lowest BCUT2D eigenvalue weighted by Gasteiger charge is -2.13. The van der Waals surface area contributed by atoms with E-state index in [1.165, 1.54) is 45.3 Å². The minimum absolute atomic E-state index is 0.00733. The van der Waals surface area contributed by atoms with Crippen molar-refractivity contribution in [3.63, 3.8) is 0 Å². The highest BCUT2D eigenvalue weighted by Crippen LogP contribution is 2.23. The Balaban J connectivity index is 0.000000242. The first kappa shape index (κ1) is 83.2. The molecule has 6 saturated heterocycles. The van der Waals surface area contributed by atoms with E-state index in [1.807, 2.05) is 13.8 Å². The zero-order chi connectivity index (χ0) is 71.0. The van der Waals surface area contributed by atoms with Crippen molar-refractivity contribution >= 4 is 87.5 Å². The second-order valence-corrected chi connectivity index (χ2v) is 21.7. The summed E-state index contributed by atoms with van der Waals surface area (Å²) in [5.74, 6) is -0.641. The maximum absolute atomic E-state index is 11.7. The normalized spacial score (nSPS) is 24.6. The first-order chi connectivity index (χ1) is 45.8. The number of benzene rings is 1. The van der Waals surface area contributed by atoms with Gasteiger partial charge in [-0.25, -0.2) is 24.0 Å². The van der Waals surface area contributed by atoms with Crippen LogP contribution in [0.25, 0.3) is 0 Å². The average molecular weight is 1490 g/mol. The molecule has 6 aliphatic rings. The highest BCUT2D eigenvalue weighted by Gasteiger charge is 2.33. The second kappa shape index (κ2) is 44.0. The molecule has 0 radical (unpaired) electrons. The quantitative estimate of drug-likeness (QED) is 0.0444. The molecule has 540 valence electrons. The number of nitrogens with zero attached hydrogens (tertiary/aromatic N) is 3. The van der Waals surface area contributed by atoms with Crippen molar-refractivity contribution in [1.82, 2.24) is 28.7 Å². The average Bonchev–Trinajstić information content (AvgIpc) is 1.38. The number of hydrogen-bond acceptors (Lipinski definition) is 27. The number of ether oxygens (including phenoxy) is 16. The third-order valence-electron chi connectivity index (χ3n) is 12.5. The number of aromatic amines is 3. The maximum atomic E-state index is 11.7. The van der Waals surface area contributed by atoms with E-state index in [0.29, 0.717) is 58.9 Å². The maximum Gasteiger partial charge on any atom is 0.340 e. The van der Waals surface area contributed by atoms with Crippen LogP contribution >= 0.6 is 69.6 Å². The number of alkyl halides is 5. The summed E-state index contributed by atoms with van der Waals surface area (Å²) in [5.41, 5.74) is -1.26. The number of halogens is 6. The summed E-state index contributed by atoms with van der Waals surface area (Å²) in [7, 11) is 0. The first-order valence-electron chi connectivity index (χ1n) is 29.0. The molecule has 10 rings (SSSR count). The molecule has 0 saturated carbocycles. The molecule has 6 fully saturated rings. The molecule has 6 aliphatic heterocycles. The summed E-state index contributed by atoms with van der Waals surface area (Å²) in [5, 5.41) is 26.2. The van der Waals surface area contributed by atoms with Crippen LogP contribution in [0.1, 0.15) is 66.5 Å². The largest absolute Gasteiger partial charge is 0.479 e. The molecule has 0 bridgehead atoms. The molecule has 12 unspecified atom stereocenters. The molecule has 0 amide bonds. The SMILES string of the molecule is CC(=O)OCC1OCC(n2cc(C)c(=O)[nH]c2=O)O1.CCOC(CCl)OCC.Cc1cn(C2COC(CCl)O2)c(=O)[nH]c1=O.Cc1cn(C2COC(CO)O2)c(=O)[nH]c1=O.O=C(O)C1COC(CCl)O1.O=C(OC1COC(CCl)O1)c1cccc(Cl)c1.OCC1COC(CCl)O1. The van der Waals surface area contributed by atoms with Crippen LogP contribution in [-0.2, 0) is 85.4 Å². The van der Waals surface area contributed by atoms with Crippen LogP contribution in [0.5, 0.6) is 0 Å². The van der Waals surface area contributed by atoms with Crippen LogP contribution in [0.4, 0.5) is 0 Å². The molecule has 12 atom stereocenters. The lowest BCUT2D eigenvalue weighted by atomic mass is 10.2. The highest BCUT2D eigenvalue weighted by molar-refractivity contribution is 6.30. The lowest BCUT2D eigenvalue weighted by molar-refractivity contribution is -0.156. The smallest absolute Gasteiger partial charge is 0.340 e. The predicted molar refractivity (Wildman–Crippen MR) is 338 cm³/mol. The standard InChI is InChI=1S/C11H10Cl2O4.C11H14N2O6.C9H11ClN2O4.C9H12N2O5.C6H13ClO2.C5H7ClO4.C5H9ClO3/c12-5-9-15-6-10(16-9)17-11(14)7-2-1-3-8(13)4-7;1-6-3-13(11(16)12-10(6)15)8-4-18-9(19-8)5-17-7(2)14;1-5-3-12(9(14)11-8(5)13)6-4-15-7(2-10)16-6;1-5-2-11(9(14)10-8(5)13)6-4-15-7(3-12)16-6;1-3-8-6(5-7)9-4-2;6-1-4-9-2-3(10-4)5(7)8;6-1-5-8-3-4(2-7)9-5/h1-4,9-10H,5-6H2;3,8-9H,4-5H2,1-2H3,(H,12,15,16);3,6-7H,2,4H2,1H3,(H,11,13,14);2,6-7,12H,3-4H2,1H3,(H,10,13,14);6H,3-5H2,1-2H3;3-4H,1-2H2,(H,7,8);4-5,7H,1-3H2. The van der Waals surface area contributed by atoms with Gasteiger partial charge in [-0.1, -0.05) is 17.7 Å². The van der Waals surface area contributed by atoms with E-state index < -0.39 is 114 Å². The van der Waals surface area contributed by atoms with Crippen molar-refractivity contribution in [2.45, 2.75) is 123 Å². The number of aliphatic hydroxyl groups is 2. The predicted octanol–water partition coefficient (Wildman–Crippen LogP) is 2.01. The number of H-pyrrole nitrogens is 3. The molecule has 3 aromatic heterocycles. The van der Waals surface area contributed by atoms with Gasteiger partial charge in [-0.05, 0) is 52.8 Å². The fourth-order valence-corrected chi connectivity index (χ4v) is 8.87. The zero-order valence-electron chi connectivity index (χ0n) is 52.5. The number of carbonyl (C=O) groups is 3. The minimum Gasteiger partial charge on any atom is -0.479 e. The van der Waals surface area contributed by atoms with Crippen molar-refractivity contribution in [3.8, 4) is 0 Å². The van der Waals surface area contributed by atoms with Crippen molar-refractivity contribution in [2.75, 3.05) is 102 Å². The number of aryl methyl sites for hydroxylation is 3. The number of carboxylic acids is 1. The number of esters is 2. The topological polar surface area (TPSA) is 424 Å². The van der Waals surface area contributed by atoms with Gasteiger partial charge in [0.25, 0.3) is 16.7 Å². The Morgan fingerprint density at radius 2 is 1.00 bits per heavy atom. The number of rotatable bonds is 19. The van der Waals surface area contributed by atoms with Crippen LogP contribution in [0.2, 0.25) is 5.02 Å². The molecule has 6 N–H and O–H groups in total. The van der Waals surface area contributed by atoms with Gasteiger partial charge in [-0.15, -0.1) is 58.0 Å². The van der Waals surface area contributed by atoms with Crippen molar-refractivity contribution in [3.05, 3.63) is 133 Å². The molecule has 0 aliphatic carbocycles. The van der Waals surface area contributed by atoms with E-state index in [0.717, 1.165) is 0 Å². The molecular formula is C56H76Cl6N6O28. The summed E-state index contributed by atoms with van der Waals surface area (Å²) >= 11 is 33.1. The molecule has 9 heterocycles. The summed E-state index contributed by atoms with van der Waals surface area (Å²) in [6, 6.07) is 6.49. The minimum atomic E-state index is -1.01. The lowest BCUT2D eigenvalue weighted by Crippen LogP contribution is -2.34. The van der Waals surface area contributed by atoms with Crippen LogP contribution in [0, 0.1) is 20.8 Å². The number of carboxylic acid groups (broad SMARTS) is 1. The molecule has 40 heteroatoms. The Morgan fingerprint density at radius 3 is 1.38 bits per heavy atom. The molecule has 34 nitrogen and oxygen atoms in total. The van der Waals surface area contributed by atoms with E-state index in [-0.39, 0.29) is 89.2 Å². The van der Waals surface area contributed by atoms with Crippen molar-refractivity contribution in [1.29, 1.82) is 0 Å². The number of carbonyl (C=O) groups excluding carboxylic acids is 2. The number of nitrogens with one attached hydrogen (secondary N) is 3. The third kappa shape index (κ3) is 28.2. The molecule has 0 spiro atoms. The summed E-state index contributed by atoms with van der Waals surface area (Å²) < 4.78 is 85.3. The van der Waals surface area contributed by atoms with Gasteiger partial charge in [0.05, 0.1) is 81.2 Å². The van der Waals surface area contributed by atoms with Gasteiger partial charge in [0.2, 0.25) is 6.29 Å². The zero-order valence-corrected chi connectivity index (χ0v) is 57.1. The van der Waals surface area contributed by atoms with Crippen molar-refractivity contribution in [2.24, 2.45) is 0 Å². The Labute approximate surface area is 576 Å². The summed E-state index contributed by atoms with van der Waals surface area (Å²) in [4.78, 5) is 107. The van der Waals surface area contributed by atoms with Crippen LogP contribution in [0.3, 0.4) is 0 Å². The van der Waals surface area contributed by atoms with E-state index in [9.17, 15) is 43.2 Å². The number of hydrogen-bond donors (Lipinski definition) is 6. The monoisotopic (exact) mass is 1490 g/mol. The Bertz CT molecular complexity index is 3290. The Hall–Kier alpha value is -5.23. The van der Waals surface area contributed by atoms with Crippen molar-refractivity contribution < 1.29 is 105 Å². The van der Waals surface area contributed by atoms with Gasteiger partial charge >= 0.3 is 35.0 Å². The third-order valence-corrected chi connectivity index (χ3v) is 14.0. The highest BCUT2D eigenvalue weighted by atomic mass is 35.5. The van der Waals surface area contributed by atoms with Gasteiger partial charge in [0.1, 0.15) is 19.3 Å². The molecule has 96 heavy (non-hydrogen) atoms. The first-order valence-corrected chi connectivity index (χ1v) is 32.1.